The zero-order chi connectivity index (χ0) is 11.1. The van der Waals surface area contributed by atoms with Crippen molar-refractivity contribution in [1.82, 2.24) is 15.1 Å². The molecule has 1 amide bonds. The molecule has 2 fully saturated rings. The third kappa shape index (κ3) is 1.72. The van der Waals surface area contributed by atoms with Gasteiger partial charge in [0.15, 0.2) is 0 Å². The third-order valence-corrected chi connectivity index (χ3v) is 3.98. The molecule has 2 atom stereocenters. The van der Waals surface area contributed by atoms with Gasteiger partial charge in [-0.15, -0.1) is 0 Å². The van der Waals surface area contributed by atoms with Gasteiger partial charge in [-0.05, 0) is 37.2 Å². The van der Waals surface area contributed by atoms with Crippen LogP contribution < -0.4 is 5.32 Å². The molecule has 4 nitrogen and oxygen atoms in total. The maximum Gasteiger partial charge on any atom is 0.223 e. The van der Waals surface area contributed by atoms with Gasteiger partial charge in [0.1, 0.15) is 0 Å². The fourth-order valence-electron chi connectivity index (χ4n) is 2.83. The second-order valence-corrected chi connectivity index (χ2v) is 5.09. The van der Waals surface area contributed by atoms with Crippen LogP contribution in [0, 0.1) is 17.8 Å². The summed E-state index contributed by atoms with van der Waals surface area (Å²) >= 11 is 0. The van der Waals surface area contributed by atoms with Gasteiger partial charge >= 0.3 is 0 Å². The fourth-order valence-corrected chi connectivity index (χ4v) is 2.83. The average molecular weight is 219 g/mol. The first-order valence-electron chi connectivity index (χ1n) is 5.98. The van der Waals surface area contributed by atoms with Crippen LogP contribution in [0.25, 0.3) is 0 Å². The van der Waals surface area contributed by atoms with E-state index in [0.717, 1.165) is 30.4 Å². The van der Waals surface area contributed by atoms with Crippen LogP contribution in [0.4, 0.5) is 0 Å². The van der Waals surface area contributed by atoms with Crippen LogP contribution in [-0.2, 0) is 18.4 Å². The second kappa shape index (κ2) is 3.61. The smallest absolute Gasteiger partial charge is 0.223 e. The van der Waals surface area contributed by atoms with Crippen LogP contribution >= 0.6 is 0 Å². The Morgan fingerprint density at radius 1 is 1.50 bits per heavy atom. The molecule has 1 aromatic rings. The van der Waals surface area contributed by atoms with Crippen molar-refractivity contribution in [3.63, 3.8) is 0 Å². The summed E-state index contributed by atoms with van der Waals surface area (Å²) in [6.07, 6.45) is 5.35. The van der Waals surface area contributed by atoms with Crippen LogP contribution in [0.3, 0.4) is 0 Å². The number of hydrogen-bond acceptors (Lipinski definition) is 2. The summed E-state index contributed by atoms with van der Waals surface area (Å²) in [5.41, 5.74) is 1.05. The molecular formula is C12H17N3O. The van der Waals surface area contributed by atoms with Gasteiger partial charge in [0.05, 0.1) is 12.2 Å². The second-order valence-electron chi connectivity index (χ2n) is 5.09. The molecule has 0 saturated heterocycles. The predicted molar refractivity (Wildman–Crippen MR) is 59.4 cm³/mol. The van der Waals surface area contributed by atoms with Crippen LogP contribution in [0.1, 0.15) is 25.0 Å². The minimum Gasteiger partial charge on any atom is -0.350 e. The maximum atomic E-state index is 11.9. The average Bonchev–Trinajstić information content (AvgIpc) is 2.71. The molecule has 0 aliphatic heterocycles. The predicted octanol–water partition coefficient (Wildman–Crippen LogP) is 1.08. The number of aromatic nitrogens is 2. The molecule has 86 valence electrons. The van der Waals surface area contributed by atoms with Crippen molar-refractivity contribution >= 4 is 5.91 Å². The SMILES string of the molecule is Cn1nccc1CNC(=O)C1CC2CC2C1. The number of nitrogens with zero attached hydrogens (tertiary/aromatic N) is 2. The highest BCUT2D eigenvalue weighted by atomic mass is 16.1. The molecule has 2 aliphatic carbocycles. The summed E-state index contributed by atoms with van der Waals surface area (Å²) in [5.74, 6) is 2.24. The summed E-state index contributed by atoms with van der Waals surface area (Å²) in [6.45, 7) is 0.598. The number of fused-ring (bicyclic) bond motifs is 1. The van der Waals surface area contributed by atoms with Crippen LogP contribution in [0.5, 0.6) is 0 Å². The highest BCUT2D eigenvalue weighted by Crippen LogP contribution is 2.54. The van der Waals surface area contributed by atoms with Crippen molar-refractivity contribution < 1.29 is 4.79 Å². The van der Waals surface area contributed by atoms with Gasteiger partial charge in [0, 0.05) is 19.2 Å². The highest BCUT2D eigenvalue weighted by molar-refractivity contribution is 5.79. The molecule has 1 aromatic heterocycles. The summed E-state index contributed by atoms with van der Waals surface area (Å²) in [5, 5.41) is 7.09. The van der Waals surface area contributed by atoms with Crippen LogP contribution in [-0.4, -0.2) is 15.7 Å². The Labute approximate surface area is 95.0 Å². The van der Waals surface area contributed by atoms with E-state index >= 15 is 0 Å². The molecule has 16 heavy (non-hydrogen) atoms. The Balaban J connectivity index is 1.51. The number of hydrogen-bond donors (Lipinski definition) is 1. The Morgan fingerprint density at radius 2 is 2.25 bits per heavy atom. The van der Waals surface area contributed by atoms with E-state index in [1.165, 1.54) is 6.42 Å². The van der Waals surface area contributed by atoms with Gasteiger partial charge in [-0.1, -0.05) is 0 Å². The lowest BCUT2D eigenvalue weighted by atomic mass is 10.0. The van der Waals surface area contributed by atoms with E-state index in [0.29, 0.717) is 6.54 Å². The van der Waals surface area contributed by atoms with Crippen molar-refractivity contribution in [2.24, 2.45) is 24.8 Å². The Hall–Kier alpha value is -1.32. The van der Waals surface area contributed by atoms with Crippen LogP contribution in [0.15, 0.2) is 12.3 Å². The number of nitrogens with one attached hydrogen (secondary N) is 1. The fraction of sp³-hybridized carbons (Fsp3) is 0.667. The van der Waals surface area contributed by atoms with E-state index in [2.05, 4.69) is 10.4 Å². The minimum absolute atomic E-state index is 0.230. The van der Waals surface area contributed by atoms with Crippen molar-refractivity contribution in [2.45, 2.75) is 25.8 Å². The molecule has 1 heterocycles. The first-order valence-corrected chi connectivity index (χ1v) is 5.98. The number of rotatable bonds is 3. The largest absolute Gasteiger partial charge is 0.350 e. The lowest BCUT2D eigenvalue weighted by Gasteiger charge is -2.12. The molecule has 0 spiro atoms. The monoisotopic (exact) mass is 219 g/mol. The molecule has 2 saturated carbocycles. The maximum absolute atomic E-state index is 11.9. The summed E-state index contributed by atoms with van der Waals surface area (Å²) < 4.78 is 1.80. The Morgan fingerprint density at radius 3 is 2.88 bits per heavy atom. The standard InChI is InChI=1S/C12H17N3O/c1-15-11(2-3-14-15)7-13-12(16)10-5-8-4-9(8)6-10/h2-3,8-10H,4-7H2,1H3,(H,13,16). The molecule has 1 N–H and O–H groups in total. The number of amides is 1. The zero-order valence-electron chi connectivity index (χ0n) is 9.52. The van der Waals surface area contributed by atoms with E-state index in [1.807, 2.05) is 13.1 Å². The third-order valence-electron chi connectivity index (χ3n) is 3.98. The quantitative estimate of drug-likeness (QED) is 0.827. The molecule has 0 radical (unpaired) electrons. The first-order chi connectivity index (χ1) is 7.74. The molecule has 4 heteroatoms. The van der Waals surface area contributed by atoms with Crippen molar-refractivity contribution in [3.8, 4) is 0 Å². The molecule has 3 rings (SSSR count). The number of carbonyl (C=O) groups is 1. The van der Waals surface area contributed by atoms with E-state index in [1.54, 1.807) is 10.9 Å². The normalized spacial score (nSPS) is 31.2. The minimum atomic E-state index is 0.230. The Kier molecular flexibility index (Phi) is 2.23. The molecule has 2 unspecified atom stereocenters. The van der Waals surface area contributed by atoms with Crippen molar-refractivity contribution in [2.75, 3.05) is 0 Å². The van der Waals surface area contributed by atoms with Crippen molar-refractivity contribution in [3.05, 3.63) is 18.0 Å². The van der Waals surface area contributed by atoms with Gasteiger partial charge < -0.3 is 5.32 Å². The van der Waals surface area contributed by atoms with E-state index in [4.69, 9.17) is 0 Å². The van der Waals surface area contributed by atoms with E-state index in [-0.39, 0.29) is 11.8 Å². The van der Waals surface area contributed by atoms with E-state index in [9.17, 15) is 4.79 Å². The lowest BCUT2D eigenvalue weighted by Crippen LogP contribution is -2.30. The van der Waals surface area contributed by atoms with Gasteiger partial charge in [-0.2, -0.15) is 5.10 Å². The summed E-state index contributed by atoms with van der Waals surface area (Å²) in [4.78, 5) is 11.9. The zero-order valence-corrected chi connectivity index (χ0v) is 9.52. The molecule has 2 aliphatic rings. The van der Waals surface area contributed by atoms with Gasteiger partial charge in [0.2, 0.25) is 5.91 Å². The number of aryl methyl sites for hydroxylation is 1. The van der Waals surface area contributed by atoms with E-state index < -0.39 is 0 Å². The topological polar surface area (TPSA) is 46.9 Å². The summed E-state index contributed by atoms with van der Waals surface area (Å²) in [7, 11) is 1.90. The van der Waals surface area contributed by atoms with Gasteiger partial charge in [0.25, 0.3) is 0 Å². The van der Waals surface area contributed by atoms with Crippen LogP contribution in [0.2, 0.25) is 0 Å². The number of carbonyl (C=O) groups excluding carboxylic acids is 1. The Bertz CT molecular complexity index is 402. The van der Waals surface area contributed by atoms with Gasteiger partial charge in [-0.25, -0.2) is 0 Å². The summed E-state index contributed by atoms with van der Waals surface area (Å²) in [6, 6.07) is 1.94. The molecule has 0 bridgehead atoms. The first kappa shape index (κ1) is 9.87. The highest BCUT2D eigenvalue weighted by Gasteiger charge is 2.47. The molecule has 0 aromatic carbocycles. The van der Waals surface area contributed by atoms with Gasteiger partial charge in [-0.3, -0.25) is 9.48 Å². The van der Waals surface area contributed by atoms with Crippen molar-refractivity contribution in [1.29, 1.82) is 0 Å². The lowest BCUT2D eigenvalue weighted by molar-refractivity contribution is -0.125. The molecular weight excluding hydrogens is 202 g/mol.